The average Bonchev–Trinajstić information content (AvgIpc) is 3.00. The lowest BCUT2D eigenvalue weighted by atomic mass is 9.92. The number of para-hydroxylation sites is 2. The molecule has 0 unspecified atom stereocenters. The minimum absolute atomic E-state index is 0.182. The molecule has 0 N–H and O–H groups in total. The zero-order chi connectivity index (χ0) is 23.0. The maximum Gasteiger partial charge on any atom is 0.361 e. The third-order valence-corrected chi connectivity index (χ3v) is 5.99. The van der Waals surface area contributed by atoms with Crippen molar-refractivity contribution in [2.24, 2.45) is 0 Å². The summed E-state index contributed by atoms with van der Waals surface area (Å²) in [5.41, 5.74) is 5.52. The summed E-state index contributed by atoms with van der Waals surface area (Å²) in [4.78, 5) is 0. The van der Waals surface area contributed by atoms with E-state index in [4.69, 9.17) is 0 Å². The largest absolute Gasteiger partial charge is 0.361 e. The van der Waals surface area contributed by atoms with Crippen molar-refractivity contribution < 1.29 is 13.3 Å². The molecule has 0 atom stereocenters. The molecule has 0 aliphatic carbocycles. The van der Waals surface area contributed by atoms with E-state index in [0.29, 0.717) is 0 Å². The Morgan fingerprint density at radius 3 is 1.42 bits per heavy atom. The molecule has 0 aliphatic rings. The highest BCUT2D eigenvalue weighted by Gasteiger charge is 2.33. The van der Waals surface area contributed by atoms with Crippen LogP contribution in [0.25, 0.3) is 11.4 Å². The van der Waals surface area contributed by atoms with Gasteiger partial charge in [0.25, 0.3) is 6.33 Å². The van der Waals surface area contributed by atoms with Crippen LogP contribution in [-0.2, 0) is 0 Å². The Balaban J connectivity index is 2.38. The zero-order valence-corrected chi connectivity index (χ0v) is 20.0. The predicted molar refractivity (Wildman–Crippen MR) is 124 cm³/mol. The number of imidazole rings is 1. The lowest BCUT2D eigenvalue weighted by molar-refractivity contribution is -0.628. The Morgan fingerprint density at radius 1 is 0.645 bits per heavy atom. The summed E-state index contributed by atoms with van der Waals surface area (Å²) in [6.45, 7) is 16.7. The summed E-state index contributed by atoms with van der Waals surface area (Å²) in [6.07, 6.45) is 1.59. The van der Waals surface area contributed by atoms with E-state index in [0.717, 1.165) is 33.6 Å². The molecule has 2 nitrogen and oxygen atoms in total. The van der Waals surface area contributed by atoms with E-state index < -0.39 is 11.9 Å². The Morgan fingerprint density at radius 2 is 1.03 bits per heavy atom. The monoisotopic (exact) mass is 425 g/mol. The van der Waals surface area contributed by atoms with Gasteiger partial charge < -0.3 is 0 Å². The van der Waals surface area contributed by atoms with E-state index in [-0.39, 0.29) is 23.7 Å². The normalized spacial score (nSPS) is 12.1. The quantitative estimate of drug-likeness (QED) is 0.361. The predicted octanol–water partition coefficient (Wildman–Crippen LogP) is 7.53. The van der Waals surface area contributed by atoms with E-state index in [1.54, 1.807) is 6.33 Å². The fourth-order valence-corrected chi connectivity index (χ4v) is 4.31. The molecule has 0 radical (unpaired) electrons. The summed E-state index contributed by atoms with van der Waals surface area (Å²) in [6, 6.07) is 12.0. The minimum Gasteiger partial charge on any atom is -0.167 e. The first-order chi connectivity index (χ1) is 14.6. The van der Waals surface area contributed by atoms with Gasteiger partial charge in [0.2, 0.25) is 0 Å². The van der Waals surface area contributed by atoms with Gasteiger partial charge in [0.1, 0.15) is 11.4 Å². The van der Waals surface area contributed by atoms with Gasteiger partial charge in [-0.15, -0.1) is 0 Å². The number of hydrogen-bond acceptors (Lipinski definition) is 0. The van der Waals surface area contributed by atoms with Crippen LogP contribution in [0.1, 0.15) is 101 Å². The van der Waals surface area contributed by atoms with Gasteiger partial charge in [-0.2, -0.15) is 17.9 Å². The molecule has 0 amide bonds. The molecule has 1 heterocycles. The molecule has 0 saturated carbocycles. The SMILES string of the molecule is CC(C)c1cccc(C(C)C)c1-n1c[n+](-c2c(C(C)C)cccc2C(C)C)c(F)c1F. The molecule has 1 aromatic heterocycles. The van der Waals surface area contributed by atoms with E-state index >= 15 is 8.78 Å². The number of halogens is 2. The molecule has 0 bridgehead atoms. The molecule has 4 heteroatoms. The topological polar surface area (TPSA) is 8.81 Å². The summed E-state index contributed by atoms with van der Waals surface area (Å²) in [5.74, 6) is -0.990. The zero-order valence-electron chi connectivity index (χ0n) is 20.0. The molecular weight excluding hydrogens is 390 g/mol. The van der Waals surface area contributed by atoms with Gasteiger partial charge in [-0.25, -0.2) is 0 Å². The lowest BCUT2D eigenvalue weighted by Gasteiger charge is -2.17. The van der Waals surface area contributed by atoms with Gasteiger partial charge in [-0.1, -0.05) is 91.8 Å². The van der Waals surface area contributed by atoms with Crippen molar-refractivity contribution in [1.29, 1.82) is 0 Å². The van der Waals surface area contributed by atoms with Crippen LogP contribution < -0.4 is 4.57 Å². The molecule has 0 spiro atoms. The van der Waals surface area contributed by atoms with Crippen LogP contribution in [0.2, 0.25) is 0 Å². The third kappa shape index (κ3) is 4.17. The van der Waals surface area contributed by atoms with Crippen LogP contribution in [0, 0.1) is 11.9 Å². The minimum atomic E-state index is -0.858. The first-order valence-corrected chi connectivity index (χ1v) is 11.3. The first kappa shape index (κ1) is 23.2. The molecule has 0 saturated heterocycles. The fourth-order valence-electron chi connectivity index (χ4n) is 4.31. The smallest absolute Gasteiger partial charge is 0.167 e. The van der Waals surface area contributed by atoms with Crippen LogP contribution in [0.15, 0.2) is 42.7 Å². The van der Waals surface area contributed by atoms with Gasteiger partial charge in [-0.05, 0) is 23.7 Å². The summed E-state index contributed by atoms with van der Waals surface area (Å²) < 4.78 is 33.8. The van der Waals surface area contributed by atoms with E-state index in [1.165, 1.54) is 9.13 Å². The number of rotatable bonds is 6. The van der Waals surface area contributed by atoms with Gasteiger partial charge in [-0.3, -0.25) is 0 Å². The average molecular weight is 426 g/mol. The highest BCUT2D eigenvalue weighted by Crippen LogP contribution is 2.33. The van der Waals surface area contributed by atoms with Gasteiger partial charge in [0.15, 0.2) is 0 Å². The maximum atomic E-state index is 15.5. The Kier molecular flexibility index (Phi) is 6.68. The highest BCUT2D eigenvalue weighted by atomic mass is 19.2. The van der Waals surface area contributed by atoms with Gasteiger partial charge >= 0.3 is 11.9 Å². The van der Waals surface area contributed by atoms with Crippen molar-refractivity contribution in [3.05, 3.63) is 76.9 Å². The molecule has 3 aromatic rings. The number of aromatic nitrogens is 2. The standard InChI is InChI=1S/C27H35F2N2/c1-16(2)20-11-9-12-21(17(3)4)24(20)30-15-31(27(29)26(30)28)25-22(18(5)6)13-10-14-23(25)19(7)8/h9-19H,1-8H3/q+1. The third-order valence-electron chi connectivity index (χ3n) is 5.99. The molecular formula is C27H35F2N2+. The lowest BCUT2D eigenvalue weighted by Crippen LogP contribution is -2.36. The van der Waals surface area contributed by atoms with Crippen LogP contribution in [0.4, 0.5) is 8.78 Å². The van der Waals surface area contributed by atoms with Gasteiger partial charge in [0.05, 0.1) is 0 Å². The maximum absolute atomic E-state index is 15.5. The summed E-state index contributed by atoms with van der Waals surface area (Å²) in [5, 5.41) is 0. The molecule has 0 fully saturated rings. The molecule has 31 heavy (non-hydrogen) atoms. The number of nitrogens with zero attached hydrogens (tertiary/aromatic N) is 2. The Hall–Kier alpha value is -2.49. The van der Waals surface area contributed by atoms with Crippen LogP contribution in [0.3, 0.4) is 0 Å². The molecule has 2 aromatic carbocycles. The van der Waals surface area contributed by atoms with E-state index in [2.05, 4.69) is 55.4 Å². The van der Waals surface area contributed by atoms with Crippen LogP contribution >= 0.6 is 0 Å². The fraction of sp³-hybridized carbons (Fsp3) is 0.444. The Labute approximate surface area is 185 Å². The van der Waals surface area contributed by atoms with Crippen molar-refractivity contribution in [2.45, 2.75) is 79.1 Å². The van der Waals surface area contributed by atoms with E-state index in [1.807, 2.05) is 36.4 Å². The van der Waals surface area contributed by atoms with Crippen LogP contribution in [0.5, 0.6) is 0 Å². The second kappa shape index (κ2) is 8.94. The summed E-state index contributed by atoms with van der Waals surface area (Å²) >= 11 is 0. The van der Waals surface area contributed by atoms with Gasteiger partial charge in [0, 0.05) is 22.3 Å². The molecule has 166 valence electrons. The van der Waals surface area contributed by atoms with Crippen molar-refractivity contribution in [3.63, 3.8) is 0 Å². The Bertz CT molecular complexity index is 939. The van der Waals surface area contributed by atoms with Crippen molar-refractivity contribution in [3.8, 4) is 11.4 Å². The van der Waals surface area contributed by atoms with E-state index in [9.17, 15) is 0 Å². The number of benzene rings is 2. The van der Waals surface area contributed by atoms with Crippen molar-refractivity contribution in [2.75, 3.05) is 0 Å². The van der Waals surface area contributed by atoms with Crippen molar-refractivity contribution >= 4 is 0 Å². The van der Waals surface area contributed by atoms with Crippen LogP contribution in [-0.4, -0.2) is 4.57 Å². The second-order valence-corrected chi connectivity index (χ2v) is 9.63. The molecule has 3 rings (SSSR count). The van der Waals surface area contributed by atoms with Crippen molar-refractivity contribution in [1.82, 2.24) is 4.57 Å². The second-order valence-electron chi connectivity index (χ2n) is 9.63. The highest BCUT2D eigenvalue weighted by molar-refractivity contribution is 5.51. The summed E-state index contributed by atoms with van der Waals surface area (Å²) in [7, 11) is 0. The molecule has 0 aliphatic heterocycles. The number of hydrogen-bond donors (Lipinski definition) is 0. The first-order valence-electron chi connectivity index (χ1n) is 11.3.